The number of aryl methyl sites for hydroxylation is 2. The summed E-state index contributed by atoms with van der Waals surface area (Å²) in [5.41, 5.74) is 3.19. The summed E-state index contributed by atoms with van der Waals surface area (Å²) in [6, 6.07) is 3.72. The van der Waals surface area contributed by atoms with Gasteiger partial charge in [0.15, 0.2) is 6.10 Å². The predicted molar refractivity (Wildman–Crippen MR) is 86.4 cm³/mol. The number of nitriles is 1. The maximum Gasteiger partial charge on any atom is 0.308 e. The van der Waals surface area contributed by atoms with Crippen LogP contribution in [0.15, 0.2) is 11.0 Å². The van der Waals surface area contributed by atoms with Gasteiger partial charge in [-0.1, -0.05) is 6.07 Å². The van der Waals surface area contributed by atoms with Crippen molar-refractivity contribution >= 4 is 16.0 Å². The quantitative estimate of drug-likeness (QED) is 0.801. The van der Waals surface area contributed by atoms with E-state index in [4.69, 9.17) is 10.00 Å². The van der Waals surface area contributed by atoms with Crippen LogP contribution in [0, 0.1) is 39.0 Å². The molecule has 1 N–H and O–H groups in total. The summed E-state index contributed by atoms with van der Waals surface area (Å²) in [4.78, 5) is 11.7. The molecule has 0 saturated heterocycles. The normalized spacial score (nSPS) is 12.5. The fourth-order valence-corrected chi connectivity index (χ4v) is 3.87. The molecule has 1 aromatic rings. The number of hydrogen-bond donors (Lipinski definition) is 1. The van der Waals surface area contributed by atoms with Gasteiger partial charge in [0.05, 0.1) is 11.3 Å². The highest BCUT2D eigenvalue weighted by Gasteiger charge is 2.22. The minimum atomic E-state index is -3.72. The Balaban J connectivity index is 2.87. The van der Waals surface area contributed by atoms with E-state index in [1.807, 2.05) is 19.9 Å². The monoisotopic (exact) mass is 338 g/mol. The van der Waals surface area contributed by atoms with Crippen LogP contribution >= 0.6 is 0 Å². The summed E-state index contributed by atoms with van der Waals surface area (Å²) >= 11 is 0. The molecule has 1 rings (SSSR count). The van der Waals surface area contributed by atoms with Crippen molar-refractivity contribution in [1.82, 2.24) is 4.72 Å². The number of carbonyl (C=O) groups is 1. The number of nitrogens with zero attached hydrogens (tertiary/aromatic N) is 1. The maximum absolute atomic E-state index is 12.5. The third-order valence-corrected chi connectivity index (χ3v) is 5.41. The summed E-state index contributed by atoms with van der Waals surface area (Å²) in [6.45, 7) is 8.62. The van der Waals surface area contributed by atoms with E-state index >= 15 is 0 Å². The van der Waals surface area contributed by atoms with Crippen LogP contribution in [0.5, 0.6) is 0 Å². The van der Waals surface area contributed by atoms with Crippen LogP contribution in [0.2, 0.25) is 0 Å². The molecule has 0 unspecified atom stereocenters. The van der Waals surface area contributed by atoms with E-state index in [0.29, 0.717) is 11.1 Å². The number of carbonyl (C=O) groups excluding carboxylic acids is 1. The summed E-state index contributed by atoms with van der Waals surface area (Å²) in [5.74, 6) is -0.615. The van der Waals surface area contributed by atoms with Crippen molar-refractivity contribution < 1.29 is 17.9 Å². The fraction of sp³-hybridized carbons (Fsp3) is 0.500. The van der Waals surface area contributed by atoms with Crippen molar-refractivity contribution in [3.63, 3.8) is 0 Å². The smallest absolute Gasteiger partial charge is 0.308 e. The number of esters is 1. The molecule has 0 amide bonds. The Kier molecular flexibility index (Phi) is 6.30. The lowest BCUT2D eigenvalue weighted by Gasteiger charge is -2.16. The van der Waals surface area contributed by atoms with Crippen LogP contribution in [0.3, 0.4) is 0 Å². The summed E-state index contributed by atoms with van der Waals surface area (Å²) in [5, 5.41) is 8.56. The van der Waals surface area contributed by atoms with Gasteiger partial charge < -0.3 is 4.74 Å². The second kappa shape index (κ2) is 7.57. The van der Waals surface area contributed by atoms with Crippen molar-refractivity contribution in [3.8, 4) is 6.07 Å². The Bertz CT molecular complexity index is 722. The molecule has 0 heterocycles. The molecule has 0 fully saturated rings. The molecule has 1 aromatic carbocycles. The van der Waals surface area contributed by atoms with Gasteiger partial charge in [-0.15, -0.1) is 0 Å². The summed E-state index contributed by atoms with van der Waals surface area (Å²) in [6.07, 6.45) is -0.975. The van der Waals surface area contributed by atoms with E-state index in [-0.39, 0.29) is 17.9 Å². The highest BCUT2D eigenvalue weighted by atomic mass is 32.2. The Labute approximate surface area is 137 Å². The van der Waals surface area contributed by atoms with Gasteiger partial charge in [-0.25, -0.2) is 13.1 Å². The molecule has 1 atom stereocenters. The number of nitrogens with one attached hydrogen (secondary N) is 1. The second-order valence-electron chi connectivity index (χ2n) is 5.50. The average Bonchev–Trinajstić information content (AvgIpc) is 2.44. The topological polar surface area (TPSA) is 96.3 Å². The van der Waals surface area contributed by atoms with E-state index in [9.17, 15) is 13.2 Å². The number of sulfonamides is 1. The molecule has 0 bridgehead atoms. The van der Waals surface area contributed by atoms with E-state index < -0.39 is 22.1 Å². The third-order valence-electron chi connectivity index (χ3n) is 3.68. The molecule has 0 aliphatic heterocycles. The molecular weight excluding hydrogens is 316 g/mol. The molecule has 0 spiro atoms. The molecule has 0 aliphatic rings. The Morgan fingerprint density at radius 2 is 1.78 bits per heavy atom. The second-order valence-corrected chi connectivity index (χ2v) is 7.20. The van der Waals surface area contributed by atoms with Gasteiger partial charge in [0, 0.05) is 6.54 Å². The van der Waals surface area contributed by atoms with Gasteiger partial charge in [0.2, 0.25) is 10.0 Å². The zero-order valence-electron chi connectivity index (χ0n) is 14.1. The van der Waals surface area contributed by atoms with Crippen LogP contribution in [0.25, 0.3) is 0 Å². The zero-order valence-corrected chi connectivity index (χ0v) is 14.9. The van der Waals surface area contributed by atoms with Crippen molar-refractivity contribution in [2.75, 3.05) is 6.54 Å². The average molecular weight is 338 g/mol. The number of benzene rings is 1. The molecule has 0 aromatic heterocycles. The van der Waals surface area contributed by atoms with Crippen molar-refractivity contribution in [1.29, 1.82) is 5.26 Å². The van der Waals surface area contributed by atoms with Crippen LogP contribution < -0.4 is 4.72 Å². The fourth-order valence-electron chi connectivity index (χ4n) is 2.23. The molecular formula is C16H22N2O4S. The standard InChI is InChI=1S/C16H22N2O4S/c1-10-8-11(2)14(5)16(13(10)4)23(20,21)18-7-6-15(19)22-12(3)9-17/h8,12,18H,6-7H2,1-5H3/t12-/m0/s1. The summed E-state index contributed by atoms with van der Waals surface area (Å²) < 4.78 is 32.2. The van der Waals surface area contributed by atoms with Crippen LogP contribution in [-0.4, -0.2) is 27.0 Å². The molecule has 0 saturated carbocycles. The first-order valence-electron chi connectivity index (χ1n) is 7.26. The molecule has 6 nitrogen and oxygen atoms in total. The Morgan fingerprint density at radius 3 is 2.26 bits per heavy atom. The van der Waals surface area contributed by atoms with Gasteiger partial charge in [0.25, 0.3) is 0 Å². The van der Waals surface area contributed by atoms with E-state index in [0.717, 1.165) is 11.1 Å². The zero-order chi connectivity index (χ0) is 17.8. The first kappa shape index (κ1) is 19.1. The number of ether oxygens (including phenoxy) is 1. The van der Waals surface area contributed by atoms with Gasteiger partial charge in [-0.05, 0) is 56.9 Å². The number of rotatable bonds is 6. The molecule has 0 radical (unpaired) electrons. The van der Waals surface area contributed by atoms with Crippen molar-refractivity contribution in [3.05, 3.63) is 28.3 Å². The SMILES string of the molecule is Cc1cc(C)c(C)c(S(=O)(=O)NCCC(=O)O[C@@H](C)C#N)c1C. The lowest BCUT2D eigenvalue weighted by Crippen LogP contribution is -2.29. The van der Waals surface area contributed by atoms with Gasteiger partial charge in [0.1, 0.15) is 6.07 Å². The Hall–Kier alpha value is -1.91. The van der Waals surface area contributed by atoms with E-state index in [1.165, 1.54) is 6.92 Å². The highest BCUT2D eigenvalue weighted by molar-refractivity contribution is 7.89. The van der Waals surface area contributed by atoms with E-state index in [2.05, 4.69) is 4.72 Å². The van der Waals surface area contributed by atoms with Crippen molar-refractivity contribution in [2.45, 2.75) is 52.0 Å². The molecule has 0 aliphatic carbocycles. The molecule has 126 valence electrons. The van der Waals surface area contributed by atoms with Gasteiger partial charge in [-0.2, -0.15) is 5.26 Å². The van der Waals surface area contributed by atoms with Gasteiger partial charge >= 0.3 is 5.97 Å². The largest absolute Gasteiger partial charge is 0.447 e. The first-order valence-corrected chi connectivity index (χ1v) is 8.74. The minimum absolute atomic E-state index is 0.0782. The minimum Gasteiger partial charge on any atom is -0.447 e. The van der Waals surface area contributed by atoms with Crippen molar-refractivity contribution in [2.24, 2.45) is 0 Å². The number of hydrogen-bond acceptors (Lipinski definition) is 5. The highest BCUT2D eigenvalue weighted by Crippen LogP contribution is 2.25. The lowest BCUT2D eigenvalue weighted by molar-refractivity contribution is -0.145. The van der Waals surface area contributed by atoms with Crippen LogP contribution in [-0.2, 0) is 19.6 Å². The van der Waals surface area contributed by atoms with Gasteiger partial charge in [-0.3, -0.25) is 4.79 Å². The van der Waals surface area contributed by atoms with Crippen LogP contribution in [0.4, 0.5) is 0 Å². The lowest BCUT2D eigenvalue weighted by atomic mass is 10.0. The van der Waals surface area contributed by atoms with Crippen LogP contribution in [0.1, 0.15) is 35.6 Å². The summed E-state index contributed by atoms with van der Waals surface area (Å²) in [7, 11) is -3.72. The molecule has 23 heavy (non-hydrogen) atoms. The molecule has 7 heteroatoms. The first-order chi connectivity index (χ1) is 10.6. The van der Waals surface area contributed by atoms with E-state index in [1.54, 1.807) is 19.9 Å². The third kappa shape index (κ3) is 4.78. The maximum atomic E-state index is 12.5. The Morgan fingerprint density at radius 1 is 1.26 bits per heavy atom. The predicted octanol–water partition coefficient (Wildman–Crippen LogP) is 2.04.